The maximum atomic E-state index is 10.6. The Morgan fingerprint density at radius 2 is 1.58 bits per heavy atom. The number of rotatable bonds is 5. The molecule has 0 radical (unpaired) electrons. The monoisotopic (exact) mass is 384 g/mol. The number of aliphatic carboxylic acids is 1. The van der Waals surface area contributed by atoms with E-state index in [1.165, 1.54) is 9.13 Å². The van der Waals surface area contributed by atoms with E-state index in [4.69, 9.17) is 5.11 Å². The van der Waals surface area contributed by atoms with Crippen LogP contribution in [0.2, 0.25) is 0 Å². The van der Waals surface area contributed by atoms with Gasteiger partial charge >= 0.3 is 5.97 Å². The second-order valence-electron chi connectivity index (χ2n) is 4.13. The van der Waals surface area contributed by atoms with E-state index in [-0.39, 0.29) is 6.42 Å². The lowest BCUT2D eigenvalue weighted by Gasteiger charge is -2.03. The minimum absolute atomic E-state index is 0.0854. The minimum Gasteiger partial charge on any atom is -0.481 e. The molecule has 1 N–H and O–H groups in total. The van der Waals surface area contributed by atoms with Crippen molar-refractivity contribution >= 4 is 40.3 Å². The molecule has 0 atom stereocenters. The Kier molecular flexibility index (Phi) is 5.27. The average molecular weight is 384 g/mol. The highest BCUT2D eigenvalue weighted by atomic mass is 127. The molecule has 0 heterocycles. The SMILES string of the molecule is O=C(O)Cc1ccc(SCc2ccc(I)cc2)cc1. The molecule has 0 fully saturated rings. The summed E-state index contributed by atoms with van der Waals surface area (Å²) >= 11 is 4.05. The smallest absolute Gasteiger partial charge is 0.307 e. The molecule has 4 heteroatoms. The van der Waals surface area contributed by atoms with Crippen LogP contribution in [-0.2, 0) is 17.0 Å². The van der Waals surface area contributed by atoms with Crippen LogP contribution in [0.15, 0.2) is 53.4 Å². The standard InChI is InChI=1S/C15H13IO2S/c16-13-5-1-12(2-6-13)10-19-14-7-3-11(4-8-14)9-15(17)18/h1-8H,9-10H2,(H,17,18). The molecule has 0 aliphatic rings. The van der Waals surface area contributed by atoms with Crippen molar-refractivity contribution in [2.24, 2.45) is 0 Å². The van der Waals surface area contributed by atoms with Crippen molar-refractivity contribution in [3.8, 4) is 0 Å². The molecule has 0 aromatic heterocycles. The van der Waals surface area contributed by atoms with Crippen LogP contribution in [0, 0.1) is 3.57 Å². The number of benzene rings is 2. The van der Waals surface area contributed by atoms with Gasteiger partial charge in [-0.05, 0) is 58.0 Å². The number of carbonyl (C=O) groups is 1. The van der Waals surface area contributed by atoms with Gasteiger partial charge < -0.3 is 5.11 Å². The highest BCUT2D eigenvalue weighted by molar-refractivity contribution is 14.1. The van der Waals surface area contributed by atoms with E-state index in [0.717, 1.165) is 16.2 Å². The van der Waals surface area contributed by atoms with Crippen molar-refractivity contribution in [2.75, 3.05) is 0 Å². The fourth-order valence-corrected chi connectivity index (χ4v) is 2.84. The maximum absolute atomic E-state index is 10.6. The van der Waals surface area contributed by atoms with Gasteiger partial charge in [-0.1, -0.05) is 24.3 Å². The highest BCUT2D eigenvalue weighted by Crippen LogP contribution is 2.23. The van der Waals surface area contributed by atoms with E-state index in [1.807, 2.05) is 24.3 Å². The van der Waals surface area contributed by atoms with Crippen LogP contribution in [0.5, 0.6) is 0 Å². The van der Waals surface area contributed by atoms with Crippen molar-refractivity contribution in [3.63, 3.8) is 0 Å². The summed E-state index contributed by atoms with van der Waals surface area (Å²) in [5.74, 6) is 0.133. The zero-order chi connectivity index (χ0) is 13.7. The third-order valence-electron chi connectivity index (χ3n) is 2.60. The molecule has 0 aliphatic heterocycles. The molecule has 2 aromatic carbocycles. The summed E-state index contributed by atoms with van der Waals surface area (Å²) in [7, 11) is 0. The zero-order valence-electron chi connectivity index (χ0n) is 10.2. The Balaban J connectivity index is 1.92. The largest absolute Gasteiger partial charge is 0.481 e. The van der Waals surface area contributed by atoms with Crippen LogP contribution in [0.4, 0.5) is 0 Å². The molecule has 0 bridgehead atoms. The molecule has 2 nitrogen and oxygen atoms in total. The van der Waals surface area contributed by atoms with Gasteiger partial charge in [0, 0.05) is 14.2 Å². The van der Waals surface area contributed by atoms with Gasteiger partial charge in [0.2, 0.25) is 0 Å². The first kappa shape index (κ1) is 14.4. The van der Waals surface area contributed by atoms with Crippen LogP contribution in [-0.4, -0.2) is 11.1 Å². The highest BCUT2D eigenvalue weighted by Gasteiger charge is 2.01. The first-order chi connectivity index (χ1) is 9.13. The van der Waals surface area contributed by atoms with Crippen LogP contribution in [0.25, 0.3) is 0 Å². The minimum atomic E-state index is -0.792. The number of halogens is 1. The van der Waals surface area contributed by atoms with Crippen molar-refractivity contribution in [1.82, 2.24) is 0 Å². The van der Waals surface area contributed by atoms with Gasteiger partial charge in [-0.3, -0.25) is 4.79 Å². The molecule has 0 saturated heterocycles. The molecule has 2 rings (SSSR count). The van der Waals surface area contributed by atoms with E-state index in [0.29, 0.717) is 0 Å². The van der Waals surface area contributed by atoms with Gasteiger partial charge in [0.15, 0.2) is 0 Å². The van der Waals surface area contributed by atoms with Gasteiger partial charge in [-0.25, -0.2) is 0 Å². The van der Waals surface area contributed by atoms with E-state index < -0.39 is 5.97 Å². The Morgan fingerprint density at radius 3 is 2.16 bits per heavy atom. The third-order valence-corrected chi connectivity index (χ3v) is 4.40. The van der Waals surface area contributed by atoms with Crippen molar-refractivity contribution in [2.45, 2.75) is 17.1 Å². The summed E-state index contributed by atoms with van der Waals surface area (Å²) in [6.07, 6.45) is 0.0854. The molecule has 0 spiro atoms. The molecule has 0 aliphatic carbocycles. The van der Waals surface area contributed by atoms with Gasteiger partial charge in [-0.15, -0.1) is 11.8 Å². The first-order valence-electron chi connectivity index (χ1n) is 5.81. The lowest BCUT2D eigenvalue weighted by molar-refractivity contribution is -0.136. The Morgan fingerprint density at radius 1 is 1.00 bits per heavy atom. The predicted molar refractivity (Wildman–Crippen MR) is 86.5 cm³/mol. The van der Waals surface area contributed by atoms with Gasteiger partial charge in [0.05, 0.1) is 6.42 Å². The number of thioether (sulfide) groups is 1. The van der Waals surface area contributed by atoms with E-state index in [9.17, 15) is 4.79 Å². The van der Waals surface area contributed by atoms with E-state index >= 15 is 0 Å². The second kappa shape index (κ2) is 6.96. The predicted octanol–water partition coefficient (Wildman–Crippen LogP) is 4.21. The molecule has 19 heavy (non-hydrogen) atoms. The third kappa shape index (κ3) is 4.87. The van der Waals surface area contributed by atoms with Crippen molar-refractivity contribution in [1.29, 1.82) is 0 Å². The maximum Gasteiger partial charge on any atom is 0.307 e. The Labute approximate surface area is 130 Å². The average Bonchev–Trinajstić information content (AvgIpc) is 2.39. The summed E-state index contributed by atoms with van der Waals surface area (Å²) in [6.45, 7) is 0. The summed E-state index contributed by atoms with van der Waals surface area (Å²) < 4.78 is 1.24. The van der Waals surface area contributed by atoms with Crippen molar-refractivity contribution < 1.29 is 9.90 Å². The molecule has 0 unspecified atom stereocenters. The summed E-state index contributed by atoms with van der Waals surface area (Å²) in [5.41, 5.74) is 2.13. The quantitative estimate of drug-likeness (QED) is 0.620. The fourth-order valence-electron chi connectivity index (χ4n) is 1.63. The van der Waals surface area contributed by atoms with Gasteiger partial charge in [0.25, 0.3) is 0 Å². The summed E-state index contributed by atoms with van der Waals surface area (Å²) in [5, 5.41) is 8.70. The second-order valence-corrected chi connectivity index (χ2v) is 6.42. The zero-order valence-corrected chi connectivity index (χ0v) is 13.1. The summed E-state index contributed by atoms with van der Waals surface area (Å²) in [6, 6.07) is 16.2. The van der Waals surface area contributed by atoms with Crippen LogP contribution in [0.3, 0.4) is 0 Å². The van der Waals surface area contributed by atoms with E-state index in [2.05, 4.69) is 46.9 Å². The lowest BCUT2D eigenvalue weighted by Crippen LogP contribution is -1.99. The van der Waals surface area contributed by atoms with Crippen LogP contribution in [0.1, 0.15) is 11.1 Å². The van der Waals surface area contributed by atoms with Crippen LogP contribution >= 0.6 is 34.4 Å². The molecule has 0 amide bonds. The molecule has 98 valence electrons. The first-order valence-corrected chi connectivity index (χ1v) is 7.88. The number of hydrogen-bond donors (Lipinski definition) is 1. The van der Waals surface area contributed by atoms with Crippen LogP contribution < -0.4 is 0 Å². The Hall–Kier alpha value is -1.01. The normalized spacial score (nSPS) is 10.4. The number of hydrogen-bond acceptors (Lipinski definition) is 2. The number of carboxylic acid groups (broad SMARTS) is 1. The lowest BCUT2D eigenvalue weighted by atomic mass is 10.2. The molecule has 2 aromatic rings. The Bertz CT molecular complexity index is 549. The molecular weight excluding hydrogens is 371 g/mol. The molecule has 0 saturated carbocycles. The number of carboxylic acids is 1. The topological polar surface area (TPSA) is 37.3 Å². The molecular formula is C15H13IO2S. The van der Waals surface area contributed by atoms with Crippen molar-refractivity contribution in [3.05, 3.63) is 63.2 Å². The van der Waals surface area contributed by atoms with E-state index in [1.54, 1.807) is 11.8 Å². The van der Waals surface area contributed by atoms with Gasteiger partial charge in [0.1, 0.15) is 0 Å². The van der Waals surface area contributed by atoms with Gasteiger partial charge in [-0.2, -0.15) is 0 Å². The fraction of sp³-hybridized carbons (Fsp3) is 0.133. The summed E-state index contributed by atoms with van der Waals surface area (Å²) in [4.78, 5) is 11.7.